The van der Waals surface area contributed by atoms with E-state index >= 15 is 0 Å². The monoisotopic (exact) mass is 279 g/mol. The lowest BCUT2D eigenvalue weighted by Crippen LogP contribution is -2.65. The van der Waals surface area contributed by atoms with Gasteiger partial charge in [-0.1, -0.05) is 31.4 Å². The van der Waals surface area contributed by atoms with Crippen molar-refractivity contribution in [3.63, 3.8) is 0 Å². The van der Waals surface area contributed by atoms with Crippen molar-refractivity contribution in [3.05, 3.63) is 12.2 Å². The van der Waals surface area contributed by atoms with Gasteiger partial charge in [-0.3, -0.25) is 0 Å². The summed E-state index contributed by atoms with van der Waals surface area (Å²) in [6, 6.07) is 1.07. The van der Waals surface area contributed by atoms with E-state index in [0.29, 0.717) is 29.5 Å². The highest BCUT2D eigenvalue weighted by Crippen LogP contribution is 2.53. The highest BCUT2D eigenvalue weighted by Gasteiger charge is 2.55. The Bertz CT molecular complexity index is 349. The maximum absolute atomic E-state index is 9.24. The van der Waals surface area contributed by atoms with Crippen molar-refractivity contribution in [2.75, 3.05) is 13.2 Å². The van der Waals surface area contributed by atoms with Gasteiger partial charge in [-0.05, 0) is 32.6 Å². The van der Waals surface area contributed by atoms with Crippen LogP contribution in [0.5, 0.6) is 0 Å². The summed E-state index contributed by atoms with van der Waals surface area (Å²) in [5.41, 5.74) is 0.402. The normalized spacial score (nSPS) is 39.1. The van der Waals surface area contributed by atoms with Crippen LogP contribution in [-0.4, -0.2) is 36.5 Å². The molecule has 3 heteroatoms. The maximum Gasteiger partial charge on any atom is 0.0661 e. The van der Waals surface area contributed by atoms with E-state index in [0.717, 1.165) is 13.0 Å². The summed E-state index contributed by atoms with van der Waals surface area (Å²) in [4.78, 5) is 0. The zero-order valence-electron chi connectivity index (χ0n) is 12.7. The van der Waals surface area contributed by atoms with Gasteiger partial charge in [0.15, 0.2) is 0 Å². The Kier molecular flexibility index (Phi) is 4.49. The molecule has 3 aliphatic carbocycles. The standard InChI is InChI=1S/C17H29NO2/c1-2-20-16-11-15(17(16)8-4-3-5-9-17)18-14-7-6-13(10-14)12-19/h6-7,13-16,18-19H,2-5,8-12H2,1H3/t13-,14+,15?,16?/m0/s1. The van der Waals surface area contributed by atoms with E-state index < -0.39 is 0 Å². The summed E-state index contributed by atoms with van der Waals surface area (Å²) in [6.45, 7) is 3.24. The first-order valence-corrected chi connectivity index (χ1v) is 8.45. The molecule has 3 aliphatic rings. The lowest BCUT2D eigenvalue weighted by atomic mass is 9.55. The van der Waals surface area contributed by atoms with Crippen LogP contribution in [0.15, 0.2) is 12.2 Å². The van der Waals surface area contributed by atoms with Gasteiger partial charge in [0.2, 0.25) is 0 Å². The Balaban J connectivity index is 1.60. The molecular formula is C17H29NO2. The van der Waals surface area contributed by atoms with Crippen molar-refractivity contribution in [3.8, 4) is 0 Å². The Hall–Kier alpha value is -0.380. The molecular weight excluding hydrogens is 250 g/mol. The van der Waals surface area contributed by atoms with Crippen LogP contribution in [0.4, 0.5) is 0 Å². The van der Waals surface area contributed by atoms with E-state index in [1.54, 1.807) is 0 Å². The molecule has 0 aromatic heterocycles. The third-order valence-electron chi connectivity index (χ3n) is 5.76. The van der Waals surface area contributed by atoms with Crippen LogP contribution in [0.2, 0.25) is 0 Å². The van der Waals surface area contributed by atoms with E-state index in [4.69, 9.17) is 4.74 Å². The van der Waals surface area contributed by atoms with Gasteiger partial charge < -0.3 is 15.2 Å². The van der Waals surface area contributed by atoms with Crippen molar-refractivity contribution in [1.82, 2.24) is 5.32 Å². The Morgan fingerprint density at radius 1 is 1.20 bits per heavy atom. The molecule has 4 atom stereocenters. The average Bonchev–Trinajstić information content (AvgIpc) is 2.95. The van der Waals surface area contributed by atoms with Crippen LogP contribution in [0.1, 0.15) is 51.9 Å². The number of ether oxygens (including phenoxy) is 1. The first kappa shape index (κ1) is 14.6. The van der Waals surface area contributed by atoms with E-state index in [1.807, 2.05) is 0 Å². The molecule has 3 rings (SSSR count). The van der Waals surface area contributed by atoms with Gasteiger partial charge in [0.25, 0.3) is 0 Å². The number of aliphatic hydroxyl groups excluding tert-OH is 1. The predicted octanol–water partition coefficient (Wildman–Crippen LogP) is 2.64. The number of hydrogen-bond acceptors (Lipinski definition) is 3. The quantitative estimate of drug-likeness (QED) is 0.760. The number of hydrogen-bond donors (Lipinski definition) is 2. The molecule has 2 saturated carbocycles. The van der Waals surface area contributed by atoms with Gasteiger partial charge in [-0.2, -0.15) is 0 Å². The summed E-state index contributed by atoms with van der Waals surface area (Å²) in [5.74, 6) is 0.359. The van der Waals surface area contributed by atoms with Crippen molar-refractivity contribution in [2.45, 2.75) is 70.1 Å². The van der Waals surface area contributed by atoms with Gasteiger partial charge in [0.05, 0.1) is 6.10 Å². The zero-order valence-corrected chi connectivity index (χ0v) is 12.7. The molecule has 1 spiro atoms. The fourth-order valence-corrected chi connectivity index (χ4v) is 4.59. The molecule has 2 N–H and O–H groups in total. The maximum atomic E-state index is 9.24. The van der Waals surface area contributed by atoms with Gasteiger partial charge in [0.1, 0.15) is 0 Å². The Labute approximate surface area is 122 Å². The molecule has 0 saturated heterocycles. The van der Waals surface area contributed by atoms with Crippen LogP contribution in [0.25, 0.3) is 0 Å². The fourth-order valence-electron chi connectivity index (χ4n) is 4.59. The molecule has 0 aromatic rings. The summed E-state index contributed by atoms with van der Waals surface area (Å²) < 4.78 is 6.01. The molecule has 0 heterocycles. The molecule has 114 valence electrons. The van der Waals surface area contributed by atoms with E-state index in [9.17, 15) is 5.11 Å². The smallest absolute Gasteiger partial charge is 0.0661 e. The molecule has 2 fully saturated rings. The highest BCUT2D eigenvalue weighted by molar-refractivity contribution is 5.13. The molecule has 0 bridgehead atoms. The van der Waals surface area contributed by atoms with E-state index in [-0.39, 0.29) is 6.61 Å². The lowest BCUT2D eigenvalue weighted by molar-refractivity contribution is -0.151. The van der Waals surface area contributed by atoms with E-state index in [2.05, 4.69) is 24.4 Å². The van der Waals surface area contributed by atoms with Crippen LogP contribution in [-0.2, 0) is 4.74 Å². The molecule has 2 unspecified atom stereocenters. The Morgan fingerprint density at radius 3 is 2.65 bits per heavy atom. The summed E-state index contributed by atoms with van der Waals surface area (Å²) in [5, 5.41) is 13.1. The largest absolute Gasteiger partial charge is 0.396 e. The first-order valence-electron chi connectivity index (χ1n) is 8.45. The van der Waals surface area contributed by atoms with Gasteiger partial charge in [-0.25, -0.2) is 0 Å². The highest BCUT2D eigenvalue weighted by atomic mass is 16.5. The SMILES string of the molecule is CCOC1CC(N[C@@H]2C=C[C@H](CO)C2)C12CCCCC2. The lowest BCUT2D eigenvalue weighted by Gasteiger charge is -2.58. The van der Waals surface area contributed by atoms with Crippen molar-refractivity contribution in [2.24, 2.45) is 11.3 Å². The topological polar surface area (TPSA) is 41.5 Å². The number of aliphatic hydroxyl groups is 1. The first-order chi connectivity index (χ1) is 9.78. The second-order valence-electron chi connectivity index (χ2n) is 6.86. The van der Waals surface area contributed by atoms with Crippen molar-refractivity contribution >= 4 is 0 Å². The van der Waals surface area contributed by atoms with Crippen LogP contribution < -0.4 is 5.32 Å². The van der Waals surface area contributed by atoms with Crippen LogP contribution in [0, 0.1) is 11.3 Å². The van der Waals surface area contributed by atoms with Crippen LogP contribution >= 0.6 is 0 Å². The van der Waals surface area contributed by atoms with Crippen molar-refractivity contribution in [1.29, 1.82) is 0 Å². The van der Waals surface area contributed by atoms with Crippen LogP contribution in [0.3, 0.4) is 0 Å². The number of nitrogens with one attached hydrogen (secondary N) is 1. The van der Waals surface area contributed by atoms with Gasteiger partial charge in [-0.15, -0.1) is 0 Å². The third kappa shape index (κ3) is 2.56. The summed E-state index contributed by atoms with van der Waals surface area (Å²) in [6.07, 6.45) is 13.9. The minimum Gasteiger partial charge on any atom is -0.396 e. The molecule has 0 aromatic carbocycles. The molecule has 0 radical (unpaired) electrons. The minimum atomic E-state index is 0.284. The average molecular weight is 279 g/mol. The third-order valence-corrected chi connectivity index (χ3v) is 5.76. The van der Waals surface area contributed by atoms with Crippen molar-refractivity contribution < 1.29 is 9.84 Å². The number of rotatable bonds is 5. The zero-order chi connectivity index (χ0) is 14.0. The fraction of sp³-hybridized carbons (Fsp3) is 0.882. The molecule has 3 nitrogen and oxygen atoms in total. The second-order valence-corrected chi connectivity index (χ2v) is 6.86. The predicted molar refractivity (Wildman–Crippen MR) is 80.6 cm³/mol. The summed E-state index contributed by atoms with van der Waals surface area (Å²) >= 11 is 0. The van der Waals surface area contributed by atoms with E-state index in [1.165, 1.54) is 38.5 Å². The molecule has 0 aliphatic heterocycles. The summed E-state index contributed by atoms with van der Waals surface area (Å²) in [7, 11) is 0. The molecule has 0 amide bonds. The van der Waals surface area contributed by atoms with Gasteiger partial charge in [0, 0.05) is 36.6 Å². The molecule has 20 heavy (non-hydrogen) atoms. The second kappa shape index (κ2) is 6.17. The Morgan fingerprint density at radius 2 is 2.00 bits per heavy atom. The van der Waals surface area contributed by atoms with Gasteiger partial charge >= 0.3 is 0 Å². The minimum absolute atomic E-state index is 0.284.